The molecule has 1 heterocycles. The molecule has 0 fully saturated rings. The SMILES string of the molecule is CCc1cc(NCCC2=CCCCC2)nc(C)n1. The Morgan fingerprint density at radius 1 is 1.28 bits per heavy atom. The van der Waals surface area contributed by atoms with Crippen LogP contribution in [0.15, 0.2) is 17.7 Å². The Hall–Kier alpha value is -1.38. The first-order chi connectivity index (χ1) is 8.78. The predicted octanol–water partition coefficient (Wildman–Crippen LogP) is 3.65. The van der Waals surface area contributed by atoms with Crippen molar-refractivity contribution in [3.8, 4) is 0 Å². The van der Waals surface area contributed by atoms with Crippen LogP contribution < -0.4 is 5.32 Å². The summed E-state index contributed by atoms with van der Waals surface area (Å²) in [4.78, 5) is 8.81. The summed E-state index contributed by atoms with van der Waals surface area (Å²) in [7, 11) is 0. The van der Waals surface area contributed by atoms with E-state index in [1.54, 1.807) is 5.57 Å². The minimum absolute atomic E-state index is 0.855. The maximum atomic E-state index is 4.42. The number of aromatic nitrogens is 2. The van der Waals surface area contributed by atoms with Crippen molar-refractivity contribution in [1.82, 2.24) is 9.97 Å². The molecule has 3 heteroatoms. The van der Waals surface area contributed by atoms with Gasteiger partial charge in [0.05, 0.1) is 0 Å². The number of rotatable bonds is 5. The largest absolute Gasteiger partial charge is 0.370 e. The lowest BCUT2D eigenvalue weighted by atomic mass is 9.97. The van der Waals surface area contributed by atoms with Crippen LogP contribution in [0, 0.1) is 6.92 Å². The third-order valence-corrected chi connectivity index (χ3v) is 3.39. The topological polar surface area (TPSA) is 37.8 Å². The zero-order chi connectivity index (χ0) is 12.8. The second kappa shape index (κ2) is 6.53. The van der Waals surface area contributed by atoms with Gasteiger partial charge in [0, 0.05) is 18.3 Å². The van der Waals surface area contributed by atoms with E-state index >= 15 is 0 Å². The summed E-state index contributed by atoms with van der Waals surface area (Å²) in [6, 6.07) is 2.06. The van der Waals surface area contributed by atoms with Crippen LogP contribution >= 0.6 is 0 Å². The Morgan fingerprint density at radius 3 is 2.89 bits per heavy atom. The third-order valence-electron chi connectivity index (χ3n) is 3.39. The van der Waals surface area contributed by atoms with Gasteiger partial charge in [-0.2, -0.15) is 0 Å². The highest BCUT2D eigenvalue weighted by atomic mass is 15.0. The molecular formula is C15H23N3. The zero-order valence-electron chi connectivity index (χ0n) is 11.5. The highest BCUT2D eigenvalue weighted by Gasteiger charge is 2.04. The first-order valence-corrected chi connectivity index (χ1v) is 7.04. The van der Waals surface area contributed by atoms with E-state index in [9.17, 15) is 0 Å². The number of nitrogens with zero attached hydrogens (tertiary/aromatic N) is 2. The van der Waals surface area contributed by atoms with Crippen LogP contribution in [0.3, 0.4) is 0 Å². The molecule has 1 aromatic rings. The van der Waals surface area contributed by atoms with Gasteiger partial charge in [0.1, 0.15) is 11.6 Å². The average Bonchev–Trinajstić information content (AvgIpc) is 2.39. The van der Waals surface area contributed by atoms with Crippen molar-refractivity contribution in [2.75, 3.05) is 11.9 Å². The lowest BCUT2D eigenvalue weighted by Gasteiger charge is -2.13. The van der Waals surface area contributed by atoms with E-state index in [-0.39, 0.29) is 0 Å². The van der Waals surface area contributed by atoms with E-state index in [1.807, 2.05) is 6.92 Å². The Balaban J connectivity index is 1.86. The molecule has 0 saturated carbocycles. The van der Waals surface area contributed by atoms with Gasteiger partial charge < -0.3 is 5.32 Å². The van der Waals surface area contributed by atoms with Crippen LogP contribution in [0.1, 0.15) is 50.5 Å². The van der Waals surface area contributed by atoms with Gasteiger partial charge in [-0.05, 0) is 45.4 Å². The summed E-state index contributed by atoms with van der Waals surface area (Å²) in [5.41, 5.74) is 2.72. The molecule has 0 atom stereocenters. The quantitative estimate of drug-likeness (QED) is 0.805. The van der Waals surface area contributed by atoms with Gasteiger partial charge in [0.2, 0.25) is 0 Å². The summed E-state index contributed by atoms with van der Waals surface area (Å²) in [6.45, 7) is 5.05. The zero-order valence-corrected chi connectivity index (χ0v) is 11.5. The number of hydrogen-bond acceptors (Lipinski definition) is 3. The maximum absolute atomic E-state index is 4.42. The summed E-state index contributed by atoms with van der Waals surface area (Å²) in [5.74, 6) is 1.82. The van der Waals surface area contributed by atoms with E-state index in [2.05, 4.69) is 34.4 Å². The molecule has 0 unspecified atom stereocenters. The van der Waals surface area contributed by atoms with Crippen molar-refractivity contribution in [2.45, 2.75) is 52.4 Å². The number of hydrogen-bond donors (Lipinski definition) is 1. The second-order valence-electron chi connectivity index (χ2n) is 4.93. The van der Waals surface area contributed by atoms with Gasteiger partial charge in [0.25, 0.3) is 0 Å². The molecule has 0 radical (unpaired) electrons. The fourth-order valence-electron chi connectivity index (χ4n) is 2.38. The molecule has 1 aromatic heterocycles. The van der Waals surface area contributed by atoms with Crippen LogP contribution in [0.2, 0.25) is 0 Å². The van der Waals surface area contributed by atoms with Gasteiger partial charge in [-0.25, -0.2) is 9.97 Å². The molecular weight excluding hydrogens is 222 g/mol. The van der Waals surface area contributed by atoms with Crippen molar-refractivity contribution in [1.29, 1.82) is 0 Å². The molecule has 98 valence electrons. The van der Waals surface area contributed by atoms with Gasteiger partial charge in [-0.1, -0.05) is 18.6 Å². The summed E-state index contributed by atoms with van der Waals surface area (Å²) in [5, 5.41) is 3.42. The maximum Gasteiger partial charge on any atom is 0.129 e. The summed E-state index contributed by atoms with van der Waals surface area (Å²) >= 11 is 0. The van der Waals surface area contributed by atoms with Crippen LogP contribution in [-0.2, 0) is 6.42 Å². The van der Waals surface area contributed by atoms with Crippen molar-refractivity contribution in [3.63, 3.8) is 0 Å². The monoisotopic (exact) mass is 245 g/mol. The minimum atomic E-state index is 0.855. The highest BCUT2D eigenvalue weighted by Crippen LogP contribution is 2.20. The minimum Gasteiger partial charge on any atom is -0.370 e. The fourth-order valence-corrected chi connectivity index (χ4v) is 2.38. The normalized spacial score (nSPS) is 15.3. The molecule has 1 aliphatic carbocycles. The molecule has 18 heavy (non-hydrogen) atoms. The Morgan fingerprint density at radius 2 is 2.17 bits per heavy atom. The number of nitrogens with one attached hydrogen (secondary N) is 1. The third kappa shape index (κ3) is 3.83. The van der Waals surface area contributed by atoms with Crippen molar-refractivity contribution < 1.29 is 0 Å². The Labute approximate surface area is 110 Å². The molecule has 1 N–H and O–H groups in total. The van der Waals surface area contributed by atoms with Gasteiger partial charge in [0.15, 0.2) is 0 Å². The molecule has 0 amide bonds. The summed E-state index contributed by atoms with van der Waals surface area (Å²) < 4.78 is 0. The van der Waals surface area contributed by atoms with E-state index in [4.69, 9.17) is 0 Å². The smallest absolute Gasteiger partial charge is 0.129 e. The average molecular weight is 245 g/mol. The van der Waals surface area contributed by atoms with Gasteiger partial charge in [-0.3, -0.25) is 0 Å². The van der Waals surface area contributed by atoms with Crippen LogP contribution in [-0.4, -0.2) is 16.5 Å². The fraction of sp³-hybridized carbons (Fsp3) is 0.600. The Kier molecular flexibility index (Phi) is 4.73. The predicted molar refractivity (Wildman–Crippen MR) is 75.8 cm³/mol. The first kappa shape index (κ1) is 13.1. The van der Waals surface area contributed by atoms with E-state index in [0.717, 1.165) is 36.7 Å². The Bertz CT molecular complexity index is 424. The molecule has 0 bridgehead atoms. The molecule has 0 aromatic carbocycles. The summed E-state index contributed by atoms with van der Waals surface area (Å²) in [6.07, 6.45) is 9.79. The van der Waals surface area contributed by atoms with Crippen LogP contribution in [0.5, 0.6) is 0 Å². The van der Waals surface area contributed by atoms with Crippen molar-refractivity contribution in [2.24, 2.45) is 0 Å². The van der Waals surface area contributed by atoms with E-state index in [1.165, 1.54) is 25.7 Å². The number of anilines is 1. The molecule has 2 rings (SSSR count). The lowest BCUT2D eigenvalue weighted by molar-refractivity contribution is 0.679. The molecule has 0 aliphatic heterocycles. The molecule has 0 saturated heterocycles. The molecule has 1 aliphatic rings. The van der Waals surface area contributed by atoms with Crippen LogP contribution in [0.4, 0.5) is 5.82 Å². The standard InChI is InChI=1S/C15H23N3/c1-3-14-11-15(18-12(2)17-14)16-10-9-13-7-5-4-6-8-13/h7,11H,3-6,8-10H2,1-2H3,(H,16,17,18). The molecule has 3 nitrogen and oxygen atoms in total. The first-order valence-electron chi connectivity index (χ1n) is 7.04. The second-order valence-corrected chi connectivity index (χ2v) is 4.93. The molecule has 0 spiro atoms. The van der Waals surface area contributed by atoms with Crippen molar-refractivity contribution >= 4 is 5.82 Å². The van der Waals surface area contributed by atoms with Crippen LogP contribution in [0.25, 0.3) is 0 Å². The van der Waals surface area contributed by atoms with E-state index in [0.29, 0.717) is 0 Å². The highest BCUT2D eigenvalue weighted by molar-refractivity contribution is 5.36. The lowest BCUT2D eigenvalue weighted by Crippen LogP contribution is -2.07. The number of allylic oxidation sites excluding steroid dienone is 1. The van der Waals surface area contributed by atoms with Gasteiger partial charge >= 0.3 is 0 Å². The number of aryl methyl sites for hydroxylation is 2. The van der Waals surface area contributed by atoms with E-state index < -0.39 is 0 Å². The van der Waals surface area contributed by atoms with Gasteiger partial charge in [-0.15, -0.1) is 0 Å². The van der Waals surface area contributed by atoms with Crippen molar-refractivity contribution in [3.05, 3.63) is 29.2 Å².